The van der Waals surface area contributed by atoms with E-state index in [4.69, 9.17) is 5.11 Å². The minimum absolute atomic E-state index is 0.0446. The quantitative estimate of drug-likeness (QED) is 0.596. The molecule has 0 spiro atoms. The first-order valence-corrected chi connectivity index (χ1v) is 5.82. The number of carboxylic acid groups (broad SMARTS) is 1. The van der Waals surface area contributed by atoms with E-state index in [1.165, 1.54) is 6.42 Å². The Morgan fingerprint density at radius 3 is 2.44 bits per heavy atom. The number of aliphatic carboxylic acids is 1. The van der Waals surface area contributed by atoms with Crippen LogP contribution in [0, 0.1) is 5.41 Å². The highest BCUT2D eigenvalue weighted by atomic mass is 16.4. The summed E-state index contributed by atoms with van der Waals surface area (Å²) in [5.74, 6) is -0.964. The lowest BCUT2D eigenvalue weighted by molar-refractivity contribution is -0.132. The lowest BCUT2D eigenvalue weighted by Crippen LogP contribution is -2.40. The zero-order chi connectivity index (χ0) is 12.0. The maximum absolute atomic E-state index is 10.5. The maximum atomic E-state index is 10.5. The van der Waals surface area contributed by atoms with Crippen molar-refractivity contribution < 1.29 is 15.0 Å². The fourth-order valence-corrected chi connectivity index (χ4v) is 2.25. The first kappa shape index (κ1) is 13.2. The van der Waals surface area contributed by atoms with Gasteiger partial charge in [-0.25, -0.2) is 4.79 Å². The smallest absolute Gasteiger partial charge is 0.332 e. The second-order valence-electron chi connectivity index (χ2n) is 4.73. The standard InChI is InChI=1S/C12H21NO3/c1-10(11(15)16)7-13-8-12(9-14)5-3-2-4-6-12/h13-14H,1-9H2,(H,15,16). The van der Waals surface area contributed by atoms with Gasteiger partial charge in [0, 0.05) is 30.7 Å². The van der Waals surface area contributed by atoms with Gasteiger partial charge in [-0.05, 0) is 12.8 Å². The van der Waals surface area contributed by atoms with E-state index >= 15 is 0 Å². The van der Waals surface area contributed by atoms with Crippen molar-refractivity contribution in [3.8, 4) is 0 Å². The predicted octanol–water partition coefficient (Wildman–Crippen LogP) is 1.16. The van der Waals surface area contributed by atoms with Crippen LogP contribution in [0.2, 0.25) is 0 Å². The predicted molar refractivity (Wildman–Crippen MR) is 62.2 cm³/mol. The molecule has 1 aliphatic rings. The monoisotopic (exact) mass is 227 g/mol. The Balaban J connectivity index is 2.33. The summed E-state index contributed by atoms with van der Waals surface area (Å²) in [5, 5.41) is 21.2. The fourth-order valence-electron chi connectivity index (χ4n) is 2.25. The third kappa shape index (κ3) is 3.61. The van der Waals surface area contributed by atoms with E-state index in [1.54, 1.807) is 0 Å². The van der Waals surface area contributed by atoms with E-state index in [2.05, 4.69) is 11.9 Å². The van der Waals surface area contributed by atoms with Crippen molar-refractivity contribution in [2.75, 3.05) is 19.7 Å². The number of rotatable bonds is 6. The molecule has 1 rings (SSSR count). The zero-order valence-electron chi connectivity index (χ0n) is 9.67. The Kier molecular flexibility index (Phi) is 4.96. The van der Waals surface area contributed by atoms with Crippen molar-refractivity contribution >= 4 is 5.97 Å². The van der Waals surface area contributed by atoms with Crippen LogP contribution in [0.15, 0.2) is 12.2 Å². The van der Waals surface area contributed by atoms with Gasteiger partial charge in [-0.3, -0.25) is 0 Å². The molecule has 4 heteroatoms. The average molecular weight is 227 g/mol. The number of carboxylic acids is 1. The first-order chi connectivity index (χ1) is 7.59. The Labute approximate surface area is 96.4 Å². The van der Waals surface area contributed by atoms with Crippen LogP contribution in [-0.2, 0) is 4.79 Å². The number of carbonyl (C=O) groups is 1. The van der Waals surface area contributed by atoms with Crippen molar-refractivity contribution in [1.29, 1.82) is 0 Å². The number of hydrogen-bond acceptors (Lipinski definition) is 3. The van der Waals surface area contributed by atoms with Gasteiger partial charge in [0.2, 0.25) is 0 Å². The van der Waals surface area contributed by atoms with E-state index in [0.717, 1.165) is 25.7 Å². The van der Waals surface area contributed by atoms with Crippen molar-refractivity contribution in [2.45, 2.75) is 32.1 Å². The van der Waals surface area contributed by atoms with Crippen LogP contribution < -0.4 is 5.32 Å². The van der Waals surface area contributed by atoms with Crippen LogP contribution in [-0.4, -0.2) is 35.9 Å². The highest BCUT2D eigenvalue weighted by Crippen LogP contribution is 2.35. The Morgan fingerprint density at radius 2 is 1.94 bits per heavy atom. The average Bonchev–Trinajstić information content (AvgIpc) is 2.30. The SMILES string of the molecule is C=C(CNCC1(CO)CCCCC1)C(=O)O. The molecule has 1 aliphatic carbocycles. The van der Waals surface area contributed by atoms with E-state index in [0.29, 0.717) is 6.54 Å². The van der Waals surface area contributed by atoms with Gasteiger partial charge in [0.15, 0.2) is 0 Å². The van der Waals surface area contributed by atoms with Gasteiger partial charge < -0.3 is 15.5 Å². The second kappa shape index (κ2) is 6.01. The summed E-state index contributed by atoms with van der Waals surface area (Å²) >= 11 is 0. The maximum Gasteiger partial charge on any atom is 0.332 e. The lowest BCUT2D eigenvalue weighted by Gasteiger charge is -2.35. The van der Waals surface area contributed by atoms with Gasteiger partial charge >= 0.3 is 5.97 Å². The van der Waals surface area contributed by atoms with Gasteiger partial charge in [-0.1, -0.05) is 25.8 Å². The molecule has 0 unspecified atom stereocenters. The zero-order valence-corrected chi connectivity index (χ0v) is 9.67. The first-order valence-electron chi connectivity index (χ1n) is 5.82. The van der Waals surface area contributed by atoms with Crippen LogP contribution in [0.5, 0.6) is 0 Å². The highest BCUT2D eigenvalue weighted by molar-refractivity contribution is 5.86. The molecule has 0 amide bonds. The van der Waals surface area contributed by atoms with Crippen molar-refractivity contribution in [2.24, 2.45) is 5.41 Å². The molecule has 0 saturated heterocycles. The minimum atomic E-state index is -0.964. The van der Waals surface area contributed by atoms with Gasteiger partial charge in [0.25, 0.3) is 0 Å². The normalized spacial score (nSPS) is 19.3. The molecular weight excluding hydrogens is 206 g/mol. The van der Waals surface area contributed by atoms with Gasteiger partial charge in [-0.15, -0.1) is 0 Å². The summed E-state index contributed by atoms with van der Waals surface area (Å²) in [4.78, 5) is 10.5. The van der Waals surface area contributed by atoms with Gasteiger partial charge in [0.05, 0.1) is 0 Å². The molecule has 0 atom stereocenters. The molecular formula is C12H21NO3. The summed E-state index contributed by atoms with van der Waals surface area (Å²) < 4.78 is 0. The molecule has 16 heavy (non-hydrogen) atoms. The number of nitrogens with one attached hydrogen (secondary N) is 1. The third-order valence-corrected chi connectivity index (χ3v) is 3.39. The van der Waals surface area contributed by atoms with Crippen molar-refractivity contribution in [3.05, 3.63) is 12.2 Å². The summed E-state index contributed by atoms with van der Waals surface area (Å²) in [6.07, 6.45) is 5.60. The van der Waals surface area contributed by atoms with Crippen molar-refractivity contribution in [3.63, 3.8) is 0 Å². The van der Waals surface area contributed by atoms with E-state index in [9.17, 15) is 9.90 Å². The van der Waals surface area contributed by atoms with Crippen LogP contribution in [0.1, 0.15) is 32.1 Å². The molecule has 0 aromatic carbocycles. The Bertz CT molecular complexity index is 257. The third-order valence-electron chi connectivity index (χ3n) is 3.39. The molecule has 0 aromatic heterocycles. The van der Waals surface area contributed by atoms with Crippen molar-refractivity contribution in [1.82, 2.24) is 5.32 Å². The summed E-state index contributed by atoms with van der Waals surface area (Å²) in [5.41, 5.74) is 0.126. The van der Waals surface area contributed by atoms with Crippen LogP contribution in [0.3, 0.4) is 0 Å². The van der Waals surface area contributed by atoms with E-state index < -0.39 is 5.97 Å². The molecule has 3 N–H and O–H groups in total. The molecule has 4 nitrogen and oxygen atoms in total. The fraction of sp³-hybridized carbons (Fsp3) is 0.750. The number of aliphatic hydroxyl groups is 1. The molecule has 0 heterocycles. The van der Waals surface area contributed by atoms with E-state index in [-0.39, 0.29) is 24.1 Å². The molecule has 0 radical (unpaired) electrons. The Hall–Kier alpha value is -0.870. The second-order valence-corrected chi connectivity index (χ2v) is 4.73. The molecule has 92 valence electrons. The highest BCUT2D eigenvalue weighted by Gasteiger charge is 2.30. The molecule has 0 aliphatic heterocycles. The molecule has 1 saturated carbocycles. The van der Waals surface area contributed by atoms with Crippen LogP contribution in [0.4, 0.5) is 0 Å². The topological polar surface area (TPSA) is 69.6 Å². The molecule has 0 bridgehead atoms. The largest absolute Gasteiger partial charge is 0.478 e. The van der Waals surface area contributed by atoms with Gasteiger partial charge in [0.1, 0.15) is 0 Å². The Morgan fingerprint density at radius 1 is 1.31 bits per heavy atom. The van der Waals surface area contributed by atoms with E-state index in [1.807, 2.05) is 0 Å². The number of hydrogen-bond donors (Lipinski definition) is 3. The summed E-state index contributed by atoms with van der Waals surface area (Å²) in [7, 11) is 0. The lowest BCUT2D eigenvalue weighted by atomic mass is 9.74. The molecule has 1 fully saturated rings. The minimum Gasteiger partial charge on any atom is -0.478 e. The number of aliphatic hydroxyl groups excluding tert-OH is 1. The van der Waals surface area contributed by atoms with Crippen LogP contribution >= 0.6 is 0 Å². The summed E-state index contributed by atoms with van der Waals surface area (Å²) in [6, 6.07) is 0. The molecule has 0 aromatic rings. The van der Waals surface area contributed by atoms with Gasteiger partial charge in [-0.2, -0.15) is 0 Å². The van der Waals surface area contributed by atoms with Crippen LogP contribution in [0.25, 0.3) is 0 Å². The summed E-state index contributed by atoms with van der Waals surface area (Å²) in [6.45, 7) is 4.61.